The molecule has 0 saturated heterocycles. The Labute approximate surface area is 160 Å². The Hall–Kier alpha value is -2.82. The largest absolute Gasteiger partial charge is 0.493 e. The zero-order chi connectivity index (χ0) is 19.2. The fourth-order valence-electron chi connectivity index (χ4n) is 3.28. The summed E-state index contributed by atoms with van der Waals surface area (Å²) in [6, 6.07) is 14.4. The van der Waals surface area contributed by atoms with Crippen molar-refractivity contribution >= 4 is 16.9 Å². The number of amides is 1. The highest BCUT2D eigenvalue weighted by Crippen LogP contribution is 2.20. The van der Waals surface area contributed by atoms with Gasteiger partial charge in [0.25, 0.3) is 0 Å². The van der Waals surface area contributed by atoms with Gasteiger partial charge in [0.2, 0.25) is 5.91 Å². The molecule has 27 heavy (non-hydrogen) atoms. The molecule has 0 aliphatic rings. The van der Waals surface area contributed by atoms with Crippen molar-refractivity contribution in [3.05, 3.63) is 59.4 Å². The number of benzene rings is 2. The van der Waals surface area contributed by atoms with Crippen molar-refractivity contribution in [2.45, 2.75) is 40.2 Å². The van der Waals surface area contributed by atoms with Gasteiger partial charge in [-0.05, 0) is 44.0 Å². The first-order chi connectivity index (χ1) is 13.0. The molecule has 2 aromatic carbocycles. The summed E-state index contributed by atoms with van der Waals surface area (Å²) in [5, 5.41) is 2.85. The average Bonchev–Trinajstić information content (AvgIpc) is 2.97. The molecular formula is C22H27N3O2. The summed E-state index contributed by atoms with van der Waals surface area (Å²) in [6.07, 6.45) is 1.60. The molecule has 1 amide bonds. The van der Waals surface area contributed by atoms with Crippen LogP contribution in [0.2, 0.25) is 0 Å². The maximum absolute atomic E-state index is 11.1. The van der Waals surface area contributed by atoms with E-state index in [-0.39, 0.29) is 5.91 Å². The lowest BCUT2D eigenvalue weighted by molar-refractivity contribution is -0.118. The molecule has 5 nitrogen and oxygen atoms in total. The maximum Gasteiger partial charge on any atom is 0.216 e. The van der Waals surface area contributed by atoms with E-state index in [0.29, 0.717) is 19.6 Å². The number of carbonyl (C=O) groups excluding carboxylic acids is 1. The monoisotopic (exact) mass is 365 g/mol. The van der Waals surface area contributed by atoms with Gasteiger partial charge < -0.3 is 14.6 Å². The highest BCUT2D eigenvalue weighted by molar-refractivity contribution is 5.76. The van der Waals surface area contributed by atoms with Crippen molar-refractivity contribution in [3.8, 4) is 5.75 Å². The van der Waals surface area contributed by atoms with E-state index >= 15 is 0 Å². The molecule has 3 rings (SSSR count). The number of hydrogen-bond acceptors (Lipinski definition) is 3. The second kappa shape index (κ2) is 8.71. The third-order valence-electron chi connectivity index (χ3n) is 4.57. The highest BCUT2D eigenvalue weighted by atomic mass is 16.5. The quantitative estimate of drug-likeness (QED) is 0.618. The minimum absolute atomic E-state index is 0.0143. The van der Waals surface area contributed by atoms with E-state index in [9.17, 15) is 4.79 Å². The summed E-state index contributed by atoms with van der Waals surface area (Å²) >= 11 is 0. The van der Waals surface area contributed by atoms with Crippen LogP contribution >= 0.6 is 0 Å². The highest BCUT2D eigenvalue weighted by Gasteiger charge is 2.10. The van der Waals surface area contributed by atoms with Gasteiger partial charge >= 0.3 is 0 Å². The number of carbonyl (C=O) groups is 1. The molecule has 0 aliphatic heterocycles. The van der Waals surface area contributed by atoms with E-state index in [4.69, 9.17) is 9.72 Å². The summed E-state index contributed by atoms with van der Waals surface area (Å²) in [4.78, 5) is 15.9. The van der Waals surface area contributed by atoms with Crippen LogP contribution in [0, 0.1) is 13.8 Å². The molecule has 0 atom stereocenters. The topological polar surface area (TPSA) is 56.2 Å². The minimum Gasteiger partial charge on any atom is -0.493 e. The van der Waals surface area contributed by atoms with Crippen LogP contribution in [-0.2, 0) is 17.8 Å². The Morgan fingerprint density at radius 1 is 1.19 bits per heavy atom. The van der Waals surface area contributed by atoms with Crippen LogP contribution in [-0.4, -0.2) is 28.6 Å². The van der Waals surface area contributed by atoms with Crippen LogP contribution in [0.3, 0.4) is 0 Å². The molecule has 0 saturated carbocycles. The molecule has 0 fully saturated rings. The fourth-order valence-corrected chi connectivity index (χ4v) is 3.28. The SMILES string of the molecule is CC(=O)NCCc1nc2ccccc2n1CCCOc1ccc(C)cc1C. The summed E-state index contributed by atoms with van der Waals surface area (Å²) < 4.78 is 8.20. The zero-order valence-corrected chi connectivity index (χ0v) is 16.3. The Balaban J connectivity index is 1.65. The molecule has 142 valence electrons. The maximum atomic E-state index is 11.1. The van der Waals surface area contributed by atoms with Crippen molar-refractivity contribution in [2.75, 3.05) is 13.2 Å². The van der Waals surface area contributed by atoms with E-state index in [2.05, 4.69) is 41.9 Å². The summed E-state index contributed by atoms with van der Waals surface area (Å²) in [7, 11) is 0. The van der Waals surface area contributed by atoms with Gasteiger partial charge in [-0.1, -0.05) is 29.8 Å². The molecule has 1 heterocycles. The van der Waals surface area contributed by atoms with Gasteiger partial charge in [-0.15, -0.1) is 0 Å². The second-order valence-corrected chi connectivity index (χ2v) is 6.87. The van der Waals surface area contributed by atoms with Gasteiger partial charge in [-0.25, -0.2) is 4.98 Å². The van der Waals surface area contributed by atoms with E-state index in [1.165, 1.54) is 18.1 Å². The Morgan fingerprint density at radius 3 is 2.78 bits per heavy atom. The van der Waals surface area contributed by atoms with Crippen molar-refractivity contribution in [3.63, 3.8) is 0 Å². The van der Waals surface area contributed by atoms with Crippen LogP contribution < -0.4 is 10.1 Å². The van der Waals surface area contributed by atoms with Crippen molar-refractivity contribution in [1.82, 2.24) is 14.9 Å². The number of nitrogens with one attached hydrogen (secondary N) is 1. The number of ether oxygens (including phenoxy) is 1. The van der Waals surface area contributed by atoms with E-state index in [1.807, 2.05) is 24.3 Å². The number of imidazole rings is 1. The van der Waals surface area contributed by atoms with Crippen LogP contribution in [0.1, 0.15) is 30.3 Å². The number of aryl methyl sites for hydroxylation is 3. The van der Waals surface area contributed by atoms with Gasteiger partial charge in [0, 0.05) is 26.4 Å². The van der Waals surface area contributed by atoms with E-state index in [0.717, 1.165) is 35.6 Å². The van der Waals surface area contributed by atoms with Crippen molar-refractivity contribution < 1.29 is 9.53 Å². The van der Waals surface area contributed by atoms with Crippen LogP contribution in [0.5, 0.6) is 5.75 Å². The van der Waals surface area contributed by atoms with Gasteiger partial charge in [0.1, 0.15) is 11.6 Å². The molecule has 5 heteroatoms. The lowest BCUT2D eigenvalue weighted by Crippen LogP contribution is -2.23. The number of hydrogen-bond donors (Lipinski definition) is 1. The summed E-state index contributed by atoms with van der Waals surface area (Å²) in [5.41, 5.74) is 4.53. The Kier molecular flexibility index (Phi) is 6.12. The standard InChI is InChI=1S/C22H27N3O2/c1-16-9-10-21(17(2)15-16)27-14-6-13-25-20-8-5-4-7-19(20)24-22(25)11-12-23-18(3)26/h4-5,7-10,15H,6,11-14H2,1-3H3,(H,23,26). The molecule has 0 spiro atoms. The molecule has 0 aliphatic carbocycles. The Morgan fingerprint density at radius 2 is 2.00 bits per heavy atom. The van der Waals surface area contributed by atoms with Crippen LogP contribution in [0.4, 0.5) is 0 Å². The molecule has 1 aromatic heterocycles. The molecular weight excluding hydrogens is 338 g/mol. The smallest absolute Gasteiger partial charge is 0.216 e. The Bertz CT molecular complexity index is 930. The lowest BCUT2D eigenvalue weighted by Gasteiger charge is -2.12. The lowest BCUT2D eigenvalue weighted by atomic mass is 10.1. The first kappa shape index (κ1) is 19.0. The first-order valence-corrected chi connectivity index (χ1v) is 9.43. The van der Waals surface area contributed by atoms with Gasteiger partial charge in [-0.3, -0.25) is 4.79 Å². The van der Waals surface area contributed by atoms with Crippen molar-refractivity contribution in [2.24, 2.45) is 0 Å². The second-order valence-electron chi connectivity index (χ2n) is 6.87. The molecule has 0 unspecified atom stereocenters. The van der Waals surface area contributed by atoms with Crippen LogP contribution in [0.25, 0.3) is 11.0 Å². The molecule has 0 radical (unpaired) electrons. The number of rotatable bonds is 8. The third-order valence-corrected chi connectivity index (χ3v) is 4.57. The predicted molar refractivity (Wildman–Crippen MR) is 108 cm³/mol. The third kappa shape index (κ3) is 4.88. The van der Waals surface area contributed by atoms with Gasteiger partial charge in [-0.2, -0.15) is 0 Å². The van der Waals surface area contributed by atoms with Gasteiger partial charge in [0.05, 0.1) is 17.6 Å². The molecule has 1 N–H and O–H groups in total. The molecule has 0 bridgehead atoms. The minimum atomic E-state index is -0.0143. The number of para-hydroxylation sites is 2. The van der Waals surface area contributed by atoms with E-state index in [1.54, 1.807) is 0 Å². The fraction of sp³-hybridized carbons (Fsp3) is 0.364. The number of aromatic nitrogens is 2. The number of nitrogens with zero attached hydrogens (tertiary/aromatic N) is 2. The van der Waals surface area contributed by atoms with Crippen LogP contribution in [0.15, 0.2) is 42.5 Å². The normalized spacial score (nSPS) is 10.9. The van der Waals surface area contributed by atoms with E-state index < -0.39 is 0 Å². The number of fused-ring (bicyclic) bond motifs is 1. The predicted octanol–water partition coefficient (Wildman–Crippen LogP) is 3.80. The zero-order valence-electron chi connectivity index (χ0n) is 16.3. The van der Waals surface area contributed by atoms with Crippen molar-refractivity contribution in [1.29, 1.82) is 0 Å². The average molecular weight is 365 g/mol. The molecule has 3 aromatic rings. The first-order valence-electron chi connectivity index (χ1n) is 9.43. The van der Waals surface area contributed by atoms with Gasteiger partial charge in [0.15, 0.2) is 0 Å². The summed E-state index contributed by atoms with van der Waals surface area (Å²) in [6.45, 7) is 7.78. The summed E-state index contributed by atoms with van der Waals surface area (Å²) in [5.74, 6) is 1.93.